The molecular weight excluding hydrogens is 398 g/mol. The molecule has 0 saturated heterocycles. The van der Waals surface area contributed by atoms with Crippen LogP contribution in [0.5, 0.6) is 11.5 Å². The Bertz CT molecular complexity index is 791. The molecule has 0 bridgehead atoms. The summed E-state index contributed by atoms with van der Waals surface area (Å²) >= 11 is 24.0. The second kappa shape index (κ2) is 7.15. The number of hydrogen-bond acceptors (Lipinski definition) is 4. The highest BCUT2D eigenvalue weighted by Crippen LogP contribution is 2.38. The van der Waals surface area contributed by atoms with Crippen LogP contribution in [-0.4, -0.2) is 19.1 Å². The van der Waals surface area contributed by atoms with Crippen LogP contribution in [0.3, 0.4) is 0 Å². The lowest BCUT2D eigenvalue weighted by Crippen LogP contribution is -2.30. The number of hydrogen-bond donors (Lipinski definition) is 2. The number of carbonyl (C=O) groups is 1. The van der Waals surface area contributed by atoms with Crippen LogP contribution in [0.2, 0.25) is 20.1 Å². The van der Waals surface area contributed by atoms with Crippen molar-refractivity contribution in [2.75, 3.05) is 18.6 Å². The second-order valence-corrected chi connectivity index (χ2v) is 6.46. The summed E-state index contributed by atoms with van der Waals surface area (Å²) in [6.45, 7) is 0.802. The number of ether oxygens (including phenoxy) is 2. The first kappa shape index (κ1) is 17.3. The van der Waals surface area contributed by atoms with E-state index in [1.807, 2.05) is 0 Å². The zero-order valence-corrected chi connectivity index (χ0v) is 15.0. The lowest BCUT2D eigenvalue weighted by Gasteiger charge is -2.20. The van der Waals surface area contributed by atoms with E-state index >= 15 is 0 Å². The molecule has 5 nitrogen and oxygen atoms in total. The van der Waals surface area contributed by atoms with Gasteiger partial charge >= 0.3 is 0 Å². The first-order valence-electron chi connectivity index (χ1n) is 6.76. The predicted octanol–water partition coefficient (Wildman–Crippen LogP) is 4.83. The highest BCUT2D eigenvalue weighted by Gasteiger charge is 2.19. The quantitative estimate of drug-likeness (QED) is 0.715. The van der Waals surface area contributed by atoms with E-state index in [1.165, 1.54) is 18.2 Å². The van der Waals surface area contributed by atoms with E-state index in [-0.39, 0.29) is 15.6 Å². The molecule has 2 N–H and O–H groups in total. The van der Waals surface area contributed by atoms with E-state index in [9.17, 15) is 4.79 Å². The highest BCUT2D eigenvalue weighted by atomic mass is 35.5. The van der Waals surface area contributed by atoms with E-state index in [2.05, 4.69) is 10.9 Å². The first-order chi connectivity index (χ1) is 11.5. The lowest BCUT2D eigenvalue weighted by atomic mass is 10.2. The van der Waals surface area contributed by atoms with Crippen LogP contribution in [0.4, 0.5) is 5.69 Å². The zero-order valence-electron chi connectivity index (χ0n) is 12.0. The Kier molecular flexibility index (Phi) is 5.15. The van der Waals surface area contributed by atoms with Gasteiger partial charge < -0.3 is 9.47 Å². The summed E-state index contributed by atoms with van der Waals surface area (Å²) in [4.78, 5) is 12.3. The molecule has 0 fully saturated rings. The van der Waals surface area contributed by atoms with Crippen LogP contribution < -0.4 is 20.3 Å². The summed E-state index contributed by atoms with van der Waals surface area (Å²) in [5, 5.41) is 1.22. The van der Waals surface area contributed by atoms with Crippen LogP contribution in [0.1, 0.15) is 10.4 Å². The van der Waals surface area contributed by atoms with Gasteiger partial charge in [-0.25, -0.2) is 0 Å². The Morgan fingerprint density at radius 1 is 0.917 bits per heavy atom. The van der Waals surface area contributed by atoms with Crippen molar-refractivity contribution in [2.24, 2.45) is 0 Å². The average Bonchev–Trinajstić information content (AvgIpc) is 2.53. The van der Waals surface area contributed by atoms with Crippen molar-refractivity contribution in [3.05, 3.63) is 49.9 Å². The van der Waals surface area contributed by atoms with E-state index in [0.717, 1.165) is 0 Å². The molecule has 126 valence electrons. The van der Waals surface area contributed by atoms with Gasteiger partial charge in [-0.1, -0.05) is 46.4 Å². The van der Waals surface area contributed by atoms with Crippen molar-refractivity contribution >= 4 is 58.0 Å². The van der Waals surface area contributed by atoms with Crippen molar-refractivity contribution in [2.45, 2.75) is 0 Å². The SMILES string of the molecule is O=C(NNc1c(Cl)cc(Cl)cc1Cl)c1cc(Cl)c2c(c1)OCCO2. The van der Waals surface area contributed by atoms with E-state index < -0.39 is 5.91 Å². The molecule has 1 aliphatic heterocycles. The molecule has 1 amide bonds. The zero-order chi connectivity index (χ0) is 17.3. The smallest absolute Gasteiger partial charge is 0.269 e. The fourth-order valence-electron chi connectivity index (χ4n) is 2.10. The number of halogens is 4. The molecule has 9 heteroatoms. The Labute approximate surface area is 157 Å². The molecule has 0 aliphatic carbocycles. The summed E-state index contributed by atoms with van der Waals surface area (Å²) in [6, 6.07) is 6.04. The number of anilines is 1. The largest absolute Gasteiger partial charge is 0.486 e. The molecule has 2 aromatic rings. The van der Waals surface area contributed by atoms with Gasteiger partial charge in [-0.05, 0) is 24.3 Å². The van der Waals surface area contributed by atoms with Crippen molar-refractivity contribution in [1.29, 1.82) is 0 Å². The molecule has 3 rings (SSSR count). The maximum Gasteiger partial charge on any atom is 0.269 e. The van der Waals surface area contributed by atoms with Crippen molar-refractivity contribution in [3.8, 4) is 11.5 Å². The second-order valence-electron chi connectivity index (χ2n) is 4.81. The summed E-state index contributed by atoms with van der Waals surface area (Å²) in [5.74, 6) is 0.397. The average molecular weight is 408 g/mol. The molecule has 1 aliphatic rings. The number of fused-ring (bicyclic) bond motifs is 1. The molecule has 1 heterocycles. The fraction of sp³-hybridized carbons (Fsp3) is 0.133. The van der Waals surface area contributed by atoms with E-state index in [0.29, 0.717) is 40.4 Å². The number of nitrogens with one attached hydrogen (secondary N) is 2. The third kappa shape index (κ3) is 3.59. The lowest BCUT2D eigenvalue weighted by molar-refractivity contribution is 0.0961. The minimum atomic E-state index is -0.448. The first-order valence-corrected chi connectivity index (χ1v) is 8.27. The Morgan fingerprint density at radius 2 is 1.58 bits per heavy atom. The highest BCUT2D eigenvalue weighted by molar-refractivity contribution is 6.41. The maximum absolute atomic E-state index is 12.3. The van der Waals surface area contributed by atoms with Crippen LogP contribution in [-0.2, 0) is 0 Å². The van der Waals surface area contributed by atoms with Crippen LogP contribution in [0.25, 0.3) is 0 Å². The van der Waals surface area contributed by atoms with Crippen molar-refractivity contribution in [1.82, 2.24) is 5.43 Å². The molecule has 2 aromatic carbocycles. The Hall–Kier alpha value is -1.53. The van der Waals surface area contributed by atoms with Crippen molar-refractivity contribution < 1.29 is 14.3 Å². The van der Waals surface area contributed by atoms with Gasteiger partial charge in [0.25, 0.3) is 5.91 Å². The minimum Gasteiger partial charge on any atom is -0.486 e. The number of rotatable bonds is 3. The Morgan fingerprint density at radius 3 is 2.29 bits per heavy atom. The molecule has 0 atom stereocenters. The normalized spacial score (nSPS) is 12.7. The molecule has 0 aromatic heterocycles. The van der Waals surface area contributed by atoms with Gasteiger partial charge in [-0.3, -0.25) is 15.6 Å². The summed E-state index contributed by atoms with van der Waals surface area (Å²) in [6.07, 6.45) is 0. The van der Waals surface area contributed by atoms with Gasteiger partial charge in [0.15, 0.2) is 11.5 Å². The van der Waals surface area contributed by atoms with Gasteiger partial charge in [-0.2, -0.15) is 0 Å². The monoisotopic (exact) mass is 406 g/mol. The predicted molar refractivity (Wildman–Crippen MR) is 95.0 cm³/mol. The maximum atomic E-state index is 12.3. The summed E-state index contributed by atoms with van der Waals surface area (Å²) in [7, 11) is 0. The van der Waals surface area contributed by atoms with Crippen molar-refractivity contribution in [3.63, 3.8) is 0 Å². The molecule has 0 saturated carbocycles. The molecule has 0 radical (unpaired) electrons. The van der Waals surface area contributed by atoms with E-state index in [1.54, 1.807) is 6.07 Å². The van der Waals surface area contributed by atoms with Crippen LogP contribution in [0.15, 0.2) is 24.3 Å². The molecule has 0 unspecified atom stereocenters. The number of benzene rings is 2. The summed E-state index contributed by atoms with van der Waals surface area (Å²) in [5.41, 5.74) is 5.79. The van der Waals surface area contributed by atoms with Gasteiger partial charge in [0, 0.05) is 10.6 Å². The van der Waals surface area contributed by atoms with Crippen LogP contribution in [0, 0.1) is 0 Å². The third-order valence-electron chi connectivity index (χ3n) is 3.17. The van der Waals surface area contributed by atoms with Gasteiger partial charge in [0.05, 0.1) is 20.8 Å². The third-order valence-corrected chi connectivity index (χ3v) is 4.26. The van der Waals surface area contributed by atoms with Gasteiger partial charge in [0.1, 0.15) is 13.2 Å². The topological polar surface area (TPSA) is 59.6 Å². The van der Waals surface area contributed by atoms with E-state index in [4.69, 9.17) is 55.9 Å². The number of hydrazine groups is 1. The van der Waals surface area contributed by atoms with Crippen LogP contribution >= 0.6 is 46.4 Å². The molecule has 0 spiro atoms. The number of carbonyl (C=O) groups excluding carboxylic acids is 1. The summed E-state index contributed by atoms with van der Waals surface area (Å²) < 4.78 is 10.9. The number of amides is 1. The standard InChI is InChI=1S/C15H10Cl4N2O3/c16-8-5-9(17)13(10(18)6-8)20-21-15(22)7-3-11(19)14-12(4-7)23-1-2-24-14/h3-6,20H,1-2H2,(H,21,22). The Balaban J connectivity index is 1.78. The molecular formula is C15H10Cl4N2O3. The minimum absolute atomic E-state index is 0.271. The van der Waals surface area contributed by atoms with Gasteiger partial charge in [0.2, 0.25) is 0 Å². The fourth-order valence-corrected chi connectivity index (χ4v) is 3.27. The molecule has 24 heavy (non-hydrogen) atoms. The van der Waals surface area contributed by atoms with Gasteiger partial charge in [-0.15, -0.1) is 0 Å².